The van der Waals surface area contributed by atoms with Crippen LogP contribution in [0.3, 0.4) is 0 Å². The lowest BCUT2D eigenvalue weighted by Gasteiger charge is -2.29. The van der Waals surface area contributed by atoms with Gasteiger partial charge in [-0.15, -0.1) is 0 Å². The van der Waals surface area contributed by atoms with Crippen LogP contribution < -0.4 is 0 Å². The van der Waals surface area contributed by atoms with Crippen molar-refractivity contribution in [2.24, 2.45) is 13.0 Å². The molecule has 3 heterocycles. The SMILES string of the molecule is Cc1nc(S(=O)(=O)N2CCC(C(=O)OCc3nc4ccccc4n3C(F)F)CC2)cn1C. The number of rotatable bonds is 6. The zero-order chi connectivity index (χ0) is 23.0. The van der Waals surface area contributed by atoms with Crippen LogP contribution in [0, 0.1) is 12.8 Å². The first-order valence-corrected chi connectivity index (χ1v) is 11.5. The van der Waals surface area contributed by atoms with Gasteiger partial charge in [0, 0.05) is 26.3 Å². The van der Waals surface area contributed by atoms with Crippen LogP contribution in [0.4, 0.5) is 8.78 Å². The second-order valence-corrected chi connectivity index (χ2v) is 9.57. The van der Waals surface area contributed by atoms with Crippen molar-refractivity contribution < 1.29 is 26.7 Å². The Morgan fingerprint density at radius 3 is 2.53 bits per heavy atom. The van der Waals surface area contributed by atoms with Crippen LogP contribution in [-0.2, 0) is 33.2 Å². The van der Waals surface area contributed by atoms with E-state index < -0.39 is 28.5 Å². The number of carbonyl (C=O) groups excluding carboxylic acids is 1. The van der Waals surface area contributed by atoms with E-state index in [2.05, 4.69) is 9.97 Å². The molecule has 1 saturated heterocycles. The summed E-state index contributed by atoms with van der Waals surface area (Å²) in [6, 6.07) is 6.46. The standard InChI is InChI=1S/C20H23F2N5O4S/c1-13-23-18(11-25(13)2)32(29,30)26-9-7-14(8-10-26)19(28)31-12-17-24-15-5-3-4-6-16(15)27(17)20(21)22/h3-6,11,14,20H,7-10,12H2,1-2H3. The molecule has 1 fully saturated rings. The van der Waals surface area contributed by atoms with Crippen LogP contribution in [0.25, 0.3) is 11.0 Å². The van der Waals surface area contributed by atoms with Gasteiger partial charge in [0.25, 0.3) is 10.0 Å². The van der Waals surface area contributed by atoms with Crippen molar-refractivity contribution in [3.63, 3.8) is 0 Å². The molecule has 0 saturated carbocycles. The maximum Gasteiger partial charge on any atom is 0.320 e. The molecule has 3 aromatic rings. The van der Waals surface area contributed by atoms with Crippen LogP contribution in [0.15, 0.2) is 35.5 Å². The van der Waals surface area contributed by atoms with Crippen molar-refractivity contribution in [2.75, 3.05) is 13.1 Å². The van der Waals surface area contributed by atoms with E-state index in [0.717, 1.165) is 4.57 Å². The molecule has 172 valence electrons. The van der Waals surface area contributed by atoms with Gasteiger partial charge in [-0.25, -0.2) is 18.4 Å². The van der Waals surface area contributed by atoms with E-state index in [1.807, 2.05) is 0 Å². The molecule has 4 rings (SSSR count). The Bertz CT molecular complexity index is 1230. The summed E-state index contributed by atoms with van der Waals surface area (Å²) in [6.45, 7) is -1.20. The molecule has 2 aromatic heterocycles. The molecule has 32 heavy (non-hydrogen) atoms. The summed E-state index contributed by atoms with van der Waals surface area (Å²) in [5.74, 6) is -0.531. The Hall–Kier alpha value is -2.86. The van der Waals surface area contributed by atoms with E-state index >= 15 is 0 Å². The topological polar surface area (TPSA) is 99.3 Å². The Morgan fingerprint density at radius 2 is 1.91 bits per heavy atom. The largest absolute Gasteiger partial charge is 0.457 e. The van der Waals surface area contributed by atoms with E-state index in [1.54, 1.807) is 36.7 Å². The third-order valence-electron chi connectivity index (χ3n) is 5.69. The fourth-order valence-corrected chi connectivity index (χ4v) is 5.28. The molecule has 0 amide bonds. The fourth-order valence-electron chi connectivity index (χ4n) is 3.78. The number of sulfonamides is 1. The number of halogens is 2. The molecule has 0 aliphatic carbocycles. The van der Waals surface area contributed by atoms with Gasteiger partial charge in [-0.05, 0) is 31.9 Å². The number of para-hydroxylation sites is 2. The number of benzene rings is 1. The number of imidazole rings is 2. The predicted octanol–water partition coefficient (Wildman–Crippen LogP) is 2.62. The molecule has 0 radical (unpaired) electrons. The van der Waals surface area contributed by atoms with Gasteiger partial charge < -0.3 is 9.30 Å². The molecule has 0 atom stereocenters. The first kappa shape index (κ1) is 22.3. The van der Waals surface area contributed by atoms with Crippen molar-refractivity contribution in [1.82, 2.24) is 23.4 Å². The number of aryl methyl sites for hydroxylation is 2. The number of fused-ring (bicyclic) bond motifs is 1. The number of piperidine rings is 1. The average Bonchev–Trinajstić information content (AvgIpc) is 3.32. The quantitative estimate of drug-likeness (QED) is 0.517. The number of nitrogens with zero attached hydrogens (tertiary/aromatic N) is 5. The summed E-state index contributed by atoms with van der Waals surface area (Å²) in [5.41, 5.74) is 0.652. The van der Waals surface area contributed by atoms with Crippen molar-refractivity contribution in [3.05, 3.63) is 42.1 Å². The highest BCUT2D eigenvalue weighted by Crippen LogP contribution is 2.26. The summed E-state index contributed by atoms with van der Waals surface area (Å²) in [4.78, 5) is 20.7. The van der Waals surface area contributed by atoms with Crippen molar-refractivity contribution in [2.45, 2.75) is 37.9 Å². The highest BCUT2D eigenvalue weighted by Gasteiger charge is 2.34. The lowest BCUT2D eigenvalue weighted by atomic mass is 9.98. The van der Waals surface area contributed by atoms with E-state index in [4.69, 9.17) is 4.74 Å². The normalized spacial score (nSPS) is 16.2. The molecule has 1 aromatic carbocycles. The summed E-state index contributed by atoms with van der Waals surface area (Å²) in [6.07, 6.45) is 2.00. The monoisotopic (exact) mass is 467 g/mol. The van der Waals surface area contributed by atoms with Crippen LogP contribution in [0.1, 0.15) is 31.0 Å². The van der Waals surface area contributed by atoms with Crippen molar-refractivity contribution in [3.8, 4) is 0 Å². The van der Waals surface area contributed by atoms with Gasteiger partial charge in [0.1, 0.15) is 12.4 Å². The van der Waals surface area contributed by atoms with Crippen LogP contribution >= 0.6 is 0 Å². The summed E-state index contributed by atoms with van der Waals surface area (Å²) >= 11 is 0. The smallest absolute Gasteiger partial charge is 0.320 e. The molecule has 1 aliphatic heterocycles. The minimum absolute atomic E-state index is 0.0237. The molecule has 0 bridgehead atoms. The zero-order valence-electron chi connectivity index (χ0n) is 17.6. The van der Waals surface area contributed by atoms with Gasteiger partial charge in [0.2, 0.25) is 0 Å². The van der Waals surface area contributed by atoms with E-state index in [-0.39, 0.29) is 48.9 Å². The zero-order valence-corrected chi connectivity index (χ0v) is 18.4. The first-order valence-electron chi connectivity index (χ1n) is 10.1. The van der Waals surface area contributed by atoms with Crippen molar-refractivity contribution >= 4 is 27.0 Å². The maximum absolute atomic E-state index is 13.5. The molecular weight excluding hydrogens is 444 g/mol. The Kier molecular flexibility index (Phi) is 5.99. The summed E-state index contributed by atoms with van der Waals surface area (Å²) in [5, 5.41) is -0.0237. The van der Waals surface area contributed by atoms with E-state index in [0.29, 0.717) is 11.3 Å². The van der Waals surface area contributed by atoms with Gasteiger partial charge in [-0.2, -0.15) is 13.1 Å². The highest BCUT2D eigenvalue weighted by atomic mass is 32.2. The summed E-state index contributed by atoms with van der Waals surface area (Å²) < 4.78 is 61.5. The van der Waals surface area contributed by atoms with E-state index in [1.165, 1.54) is 16.6 Å². The number of hydrogen-bond acceptors (Lipinski definition) is 6. The minimum Gasteiger partial charge on any atom is -0.457 e. The number of aromatic nitrogens is 4. The molecular formula is C20H23F2N5O4S. The van der Waals surface area contributed by atoms with Crippen molar-refractivity contribution in [1.29, 1.82) is 0 Å². The highest BCUT2D eigenvalue weighted by molar-refractivity contribution is 7.89. The third-order valence-corrected chi connectivity index (χ3v) is 7.46. The molecule has 0 N–H and O–H groups in total. The van der Waals surface area contributed by atoms with Gasteiger partial charge in [-0.3, -0.25) is 9.36 Å². The average molecular weight is 467 g/mol. The lowest BCUT2D eigenvalue weighted by Crippen LogP contribution is -2.40. The number of hydrogen-bond donors (Lipinski definition) is 0. The third kappa shape index (κ3) is 4.11. The molecule has 12 heteroatoms. The Labute approximate surface area is 183 Å². The Balaban J connectivity index is 1.38. The van der Waals surface area contributed by atoms with Gasteiger partial charge in [-0.1, -0.05) is 12.1 Å². The molecule has 9 nitrogen and oxygen atoms in total. The predicted molar refractivity (Wildman–Crippen MR) is 110 cm³/mol. The van der Waals surface area contributed by atoms with Gasteiger partial charge in [0.05, 0.1) is 17.0 Å². The maximum atomic E-state index is 13.5. The molecule has 0 spiro atoms. The number of alkyl halides is 2. The van der Waals surface area contributed by atoms with Gasteiger partial charge in [0.15, 0.2) is 10.9 Å². The molecule has 1 aliphatic rings. The summed E-state index contributed by atoms with van der Waals surface area (Å²) in [7, 11) is -2.03. The fraction of sp³-hybridized carbons (Fsp3) is 0.450. The number of ether oxygens (including phenoxy) is 1. The van der Waals surface area contributed by atoms with Crippen LogP contribution in [0.5, 0.6) is 0 Å². The lowest BCUT2D eigenvalue weighted by molar-refractivity contribution is -0.151. The first-order chi connectivity index (χ1) is 15.2. The Morgan fingerprint density at radius 1 is 1.22 bits per heavy atom. The van der Waals surface area contributed by atoms with Gasteiger partial charge >= 0.3 is 12.5 Å². The van der Waals surface area contributed by atoms with E-state index in [9.17, 15) is 22.0 Å². The van der Waals surface area contributed by atoms with Crippen LogP contribution in [-0.4, -0.2) is 50.9 Å². The molecule has 0 unspecified atom stereocenters. The minimum atomic E-state index is -3.75. The number of carbonyl (C=O) groups is 1. The van der Waals surface area contributed by atoms with Crippen LogP contribution in [0.2, 0.25) is 0 Å². The number of esters is 1. The second kappa shape index (κ2) is 8.58. The second-order valence-electron chi connectivity index (χ2n) is 7.69.